The van der Waals surface area contributed by atoms with Gasteiger partial charge in [-0.05, 0) is 35.7 Å². The van der Waals surface area contributed by atoms with Crippen LogP contribution in [0.1, 0.15) is 30.7 Å². The summed E-state index contributed by atoms with van der Waals surface area (Å²) in [6, 6.07) is 12.6. The lowest BCUT2D eigenvalue weighted by molar-refractivity contribution is -0.384. The summed E-state index contributed by atoms with van der Waals surface area (Å²) in [5, 5.41) is 22.6. The molecular formula is C27H28BrN4O12P. The highest BCUT2D eigenvalue weighted by Crippen LogP contribution is 2.45. The number of anilines is 1. The smallest absolute Gasteiger partial charge is 0.390 e. The molecule has 0 amide bonds. The van der Waals surface area contributed by atoms with Crippen LogP contribution in [0.15, 0.2) is 75.4 Å². The standard InChI is InChI=1S/C27H28BrN4O12P/c1-17(31(41-15-18-5-3-2-4-6-18)20-7-9-21(10-8-20)32(37)38)26(35)44-45(39,40)42-16-23-22(33)13-24(43-23)30-14-19(11-12-28)25(34)29-27(30)36/h2-12,14,17,22-24,33H,13,15-16H2,1H3,(H,39,40)(H,29,34,36)/b12-11+/t17-,22-,23+,24+/m0/s1. The molecule has 1 unspecified atom stereocenters. The van der Waals surface area contributed by atoms with Crippen LogP contribution in [-0.4, -0.2) is 55.3 Å². The van der Waals surface area contributed by atoms with Crippen molar-refractivity contribution in [1.82, 2.24) is 9.55 Å². The van der Waals surface area contributed by atoms with Gasteiger partial charge < -0.3 is 14.4 Å². The topological polar surface area (TPSA) is 213 Å². The second-order valence-electron chi connectivity index (χ2n) is 9.68. The number of nitrogens with one attached hydrogen (secondary N) is 1. The van der Waals surface area contributed by atoms with Gasteiger partial charge in [0.1, 0.15) is 12.3 Å². The van der Waals surface area contributed by atoms with Gasteiger partial charge in [0.2, 0.25) is 0 Å². The fourth-order valence-corrected chi connectivity index (χ4v) is 5.32. The average Bonchev–Trinajstić information content (AvgIpc) is 3.38. The van der Waals surface area contributed by atoms with E-state index in [0.29, 0.717) is 0 Å². The minimum Gasteiger partial charge on any atom is -0.390 e. The van der Waals surface area contributed by atoms with E-state index < -0.39 is 61.0 Å². The molecule has 2 heterocycles. The molecule has 1 aliphatic heterocycles. The van der Waals surface area contributed by atoms with E-state index in [1.54, 1.807) is 30.3 Å². The Labute approximate surface area is 263 Å². The van der Waals surface area contributed by atoms with Crippen molar-refractivity contribution < 1.29 is 42.9 Å². The van der Waals surface area contributed by atoms with Gasteiger partial charge in [-0.1, -0.05) is 46.3 Å². The highest BCUT2D eigenvalue weighted by Gasteiger charge is 2.39. The lowest BCUT2D eigenvalue weighted by Crippen LogP contribution is -2.40. The van der Waals surface area contributed by atoms with Gasteiger partial charge in [0, 0.05) is 24.8 Å². The SMILES string of the molecule is C[C@@H](C(=O)OP(=O)(O)OC[C@H]1O[C@@H](n2cc(/C=C/Br)c(=O)[nH]c2=O)C[C@@H]1O)N(OCc1ccccc1)c1ccc([N+](=O)[O-])cc1. The molecule has 18 heteroatoms. The number of H-pyrrole nitrogens is 1. The van der Waals surface area contributed by atoms with Gasteiger partial charge in [-0.15, -0.1) is 0 Å². The first-order valence-electron chi connectivity index (χ1n) is 13.3. The quantitative estimate of drug-likeness (QED) is 0.132. The van der Waals surface area contributed by atoms with Gasteiger partial charge >= 0.3 is 19.5 Å². The van der Waals surface area contributed by atoms with Crippen LogP contribution >= 0.6 is 23.8 Å². The number of aliphatic hydroxyl groups excluding tert-OH is 1. The van der Waals surface area contributed by atoms with Crippen LogP contribution < -0.4 is 16.3 Å². The Morgan fingerprint density at radius 1 is 1.27 bits per heavy atom. The maximum Gasteiger partial charge on any atom is 0.529 e. The fraction of sp³-hybridized carbons (Fsp3) is 0.296. The molecule has 1 aliphatic rings. The van der Waals surface area contributed by atoms with E-state index in [0.717, 1.165) is 15.2 Å². The van der Waals surface area contributed by atoms with Crippen molar-refractivity contribution in [3.8, 4) is 0 Å². The molecule has 0 saturated carbocycles. The van der Waals surface area contributed by atoms with Crippen molar-refractivity contribution in [2.45, 2.75) is 44.4 Å². The summed E-state index contributed by atoms with van der Waals surface area (Å²) in [5.41, 5.74) is -0.565. The minimum atomic E-state index is -5.08. The predicted molar refractivity (Wildman–Crippen MR) is 162 cm³/mol. The van der Waals surface area contributed by atoms with Crippen LogP contribution in [0.2, 0.25) is 0 Å². The number of hydroxylamine groups is 1. The van der Waals surface area contributed by atoms with Crippen LogP contribution in [0.3, 0.4) is 0 Å². The lowest BCUT2D eigenvalue weighted by atomic mass is 10.2. The Bertz CT molecular complexity index is 1700. The Kier molecular flexibility index (Phi) is 11.2. The van der Waals surface area contributed by atoms with Gasteiger partial charge in [-0.25, -0.2) is 19.2 Å². The number of hydrogen-bond donors (Lipinski definition) is 3. The number of ether oxygens (including phenoxy) is 1. The number of nitro benzene ring substituents is 1. The summed E-state index contributed by atoms with van der Waals surface area (Å²) >= 11 is 3.05. The highest BCUT2D eigenvalue weighted by molar-refractivity contribution is 9.11. The number of carbonyl (C=O) groups is 1. The van der Waals surface area contributed by atoms with Crippen molar-refractivity contribution in [2.24, 2.45) is 0 Å². The number of nitrogens with zero attached hydrogens (tertiary/aromatic N) is 3. The molecular weight excluding hydrogens is 683 g/mol. The third-order valence-corrected chi connectivity index (χ3v) is 7.73. The maximum absolute atomic E-state index is 13.0. The third-order valence-electron chi connectivity index (χ3n) is 6.58. The van der Waals surface area contributed by atoms with E-state index in [-0.39, 0.29) is 30.0 Å². The summed E-state index contributed by atoms with van der Waals surface area (Å²) in [4.78, 5) is 67.4. The highest BCUT2D eigenvalue weighted by atomic mass is 79.9. The van der Waals surface area contributed by atoms with E-state index in [1.165, 1.54) is 48.4 Å². The number of phosphoric acid groups is 1. The number of rotatable bonds is 13. The van der Waals surface area contributed by atoms with Crippen molar-refractivity contribution in [3.63, 3.8) is 0 Å². The van der Waals surface area contributed by atoms with Crippen molar-refractivity contribution in [2.75, 3.05) is 11.7 Å². The molecule has 3 N–H and O–H groups in total. The minimum absolute atomic E-state index is 0.0207. The molecule has 16 nitrogen and oxygen atoms in total. The number of aromatic amines is 1. The molecule has 4 rings (SSSR count). The van der Waals surface area contributed by atoms with E-state index in [1.807, 2.05) is 0 Å². The Morgan fingerprint density at radius 3 is 2.60 bits per heavy atom. The van der Waals surface area contributed by atoms with Crippen LogP contribution in [0.25, 0.3) is 6.08 Å². The first kappa shape index (κ1) is 33.9. The zero-order chi connectivity index (χ0) is 32.7. The zero-order valence-electron chi connectivity index (χ0n) is 23.5. The van der Waals surface area contributed by atoms with Gasteiger partial charge in [0.15, 0.2) is 6.04 Å². The summed E-state index contributed by atoms with van der Waals surface area (Å²) in [6.45, 7) is 0.604. The van der Waals surface area contributed by atoms with Crippen LogP contribution in [-0.2, 0) is 34.6 Å². The summed E-state index contributed by atoms with van der Waals surface area (Å²) < 4.78 is 29.1. The number of carbonyl (C=O) groups excluding carboxylic acids is 1. The zero-order valence-corrected chi connectivity index (χ0v) is 26.0. The Balaban J connectivity index is 1.41. The number of halogens is 1. The van der Waals surface area contributed by atoms with Gasteiger partial charge in [-0.3, -0.25) is 38.7 Å². The molecule has 1 fully saturated rings. The van der Waals surface area contributed by atoms with E-state index in [2.05, 4.69) is 20.9 Å². The number of aromatic nitrogens is 2. The van der Waals surface area contributed by atoms with Gasteiger partial charge in [-0.2, -0.15) is 0 Å². The molecule has 5 atom stereocenters. The number of nitro groups is 1. The Hall–Kier alpha value is -3.96. The molecule has 0 spiro atoms. The van der Waals surface area contributed by atoms with Crippen molar-refractivity contribution in [1.29, 1.82) is 0 Å². The number of non-ortho nitro benzene ring substituents is 1. The first-order valence-corrected chi connectivity index (χ1v) is 15.7. The van der Waals surface area contributed by atoms with Crippen LogP contribution in [0.5, 0.6) is 0 Å². The number of aliphatic hydroxyl groups is 1. The average molecular weight is 711 g/mol. The molecule has 240 valence electrons. The first-order chi connectivity index (χ1) is 21.4. The molecule has 3 aromatic rings. The number of benzene rings is 2. The monoisotopic (exact) mass is 710 g/mol. The second kappa shape index (κ2) is 14.9. The van der Waals surface area contributed by atoms with Crippen LogP contribution in [0.4, 0.5) is 11.4 Å². The molecule has 2 aromatic carbocycles. The molecule has 0 radical (unpaired) electrons. The molecule has 0 aliphatic carbocycles. The van der Waals surface area contributed by atoms with E-state index in [9.17, 15) is 39.1 Å². The molecule has 1 aromatic heterocycles. The van der Waals surface area contributed by atoms with Crippen LogP contribution in [0, 0.1) is 10.1 Å². The molecule has 1 saturated heterocycles. The third kappa shape index (κ3) is 8.82. The van der Waals surface area contributed by atoms with Crippen molar-refractivity contribution in [3.05, 3.63) is 108 Å². The molecule has 0 bridgehead atoms. The second-order valence-corrected chi connectivity index (χ2v) is 11.6. The van der Waals surface area contributed by atoms with Gasteiger partial charge in [0.05, 0.1) is 35.5 Å². The maximum atomic E-state index is 13.0. The largest absolute Gasteiger partial charge is 0.529 e. The Morgan fingerprint density at radius 2 is 1.96 bits per heavy atom. The number of hydrogen-bond acceptors (Lipinski definition) is 12. The van der Waals surface area contributed by atoms with E-state index >= 15 is 0 Å². The fourth-order valence-electron chi connectivity index (χ4n) is 4.27. The predicted octanol–water partition coefficient (Wildman–Crippen LogP) is 3.15. The van der Waals surface area contributed by atoms with Gasteiger partial charge in [0.25, 0.3) is 11.2 Å². The summed E-state index contributed by atoms with van der Waals surface area (Å²) in [6.07, 6.45) is -0.983. The normalized spacial score (nSPS) is 20.0. The number of phosphoric ester groups is 1. The summed E-state index contributed by atoms with van der Waals surface area (Å²) in [7, 11) is -5.08. The molecule has 45 heavy (non-hydrogen) atoms. The van der Waals surface area contributed by atoms with E-state index in [4.69, 9.17) is 18.6 Å². The summed E-state index contributed by atoms with van der Waals surface area (Å²) in [5.74, 6) is -1.23. The van der Waals surface area contributed by atoms with Crippen molar-refractivity contribution >= 4 is 47.2 Å². The lowest BCUT2D eigenvalue weighted by Gasteiger charge is -2.29.